The highest BCUT2D eigenvalue weighted by Gasteiger charge is 2.20. The lowest BCUT2D eigenvalue weighted by molar-refractivity contribution is 0.196. The van der Waals surface area contributed by atoms with Crippen LogP contribution in [0.5, 0.6) is 0 Å². The zero-order chi connectivity index (χ0) is 13.8. The van der Waals surface area contributed by atoms with E-state index < -0.39 is 10.0 Å². The summed E-state index contributed by atoms with van der Waals surface area (Å²) in [6, 6.07) is 3.43. The molecule has 3 N–H and O–H groups in total. The van der Waals surface area contributed by atoms with Crippen molar-refractivity contribution in [2.45, 2.75) is 25.2 Å². The number of hydrogen-bond acceptors (Lipinski definition) is 4. The van der Waals surface area contributed by atoms with Crippen LogP contribution < -0.4 is 10.5 Å². The summed E-state index contributed by atoms with van der Waals surface area (Å²) in [5.74, 6) is 0. The minimum absolute atomic E-state index is 0.180. The standard InChI is InChI=1S/C12H20N2O3S/c1-9-5-6-11(13)12(10(9)2)18(15,16)14-7-4-8-17-3/h5-6,14H,4,7-8,13H2,1-3H3. The number of nitrogens with two attached hydrogens (primary N) is 1. The first kappa shape index (κ1) is 14.9. The Morgan fingerprint density at radius 1 is 1.33 bits per heavy atom. The van der Waals surface area contributed by atoms with Crippen molar-refractivity contribution >= 4 is 15.7 Å². The molecule has 0 saturated carbocycles. The molecule has 1 rings (SSSR count). The molecule has 0 atom stereocenters. The summed E-state index contributed by atoms with van der Waals surface area (Å²) in [7, 11) is -1.97. The summed E-state index contributed by atoms with van der Waals surface area (Å²) in [5, 5.41) is 0. The highest BCUT2D eigenvalue weighted by atomic mass is 32.2. The molecule has 1 aromatic rings. The summed E-state index contributed by atoms with van der Waals surface area (Å²) in [6.45, 7) is 4.47. The number of rotatable bonds is 6. The van der Waals surface area contributed by atoms with Gasteiger partial charge in [-0.2, -0.15) is 0 Å². The van der Waals surface area contributed by atoms with Crippen molar-refractivity contribution in [2.24, 2.45) is 0 Å². The second-order valence-corrected chi connectivity index (χ2v) is 5.87. The van der Waals surface area contributed by atoms with Gasteiger partial charge in [0, 0.05) is 20.3 Å². The molecule has 0 bridgehead atoms. The Morgan fingerprint density at radius 2 is 2.00 bits per heavy atom. The number of anilines is 1. The Morgan fingerprint density at radius 3 is 2.61 bits per heavy atom. The average Bonchev–Trinajstić information content (AvgIpc) is 2.30. The maximum atomic E-state index is 12.2. The zero-order valence-electron chi connectivity index (χ0n) is 11.0. The first-order chi connectivity index (χ1) is 8.40. The summed E-state index contributed by atoms with van der Waals surface area (Å²) in [6.07, 6.45) is 0.625. The fourth-order valence-corrected chi connectivity index (χ4v) is 3.16. The Labute approximate surface area is 108 Å². The monoisotopic (exact) mass is 272 g/mol. The molecule has 0 radical (unpaired) electrons. The quantitative estimate of drug-likeness (QED) is 0.602. The van der Waals surface area contributed by atoms with Gasteiger partial charge in [-0.25, -0.2) is 13.1 Å². The molecule has 18 heavy (non-hydrogen) atoms. The third kappa shape index (κ3) is 3.44. The van der Waals surface area contributed by atoms with E-state index in [1.54, 1.807) is 20.1 Å². The number of aryl methyl sites for hydroxylation is 1. The lowest BCUT2D eigenvalue weighted by Gasteiger charge is -2.13. The van der Waals surface area contributed by atoms with Gasteiger partial charge in [0.05, 0.1) is 5.69 Å². The topological polar surface area (TPSA) is 81.4 Å². The van der Waals surface area contributed by atoms with Gasteiger partial charge in [0.15, 0.2) is 0 Å². The van der Waals surface area contributed by atoms with Crippen LogP contribution in [0.1, 0.15) is 17.5 Å². The maximum Gasteiger partial charge on any atom is 0.242 e. The van der Waals surface area contributed by atoms with Gasteiger partial charge in [0.25, 0.3) is 0 Å². The molecule has 0 aliphatic rings. The number of methoxy groups -OCH3 is 1. The molecule has 0 unspecified atom stereocenters. The summed E-state index contributed by atoms with van der Waals surface area (Å²) in [5.41, 5.74) is 7.63. The molecule has 0 amide bonds. The van der Waals surface area contributed by atoms with Crippen LogP contribution in [0.15, 0.2) is 17.0 Å². The summed E-state index contributed by atoms with van der Waals surface area (Å²) < 4.78 is 31.7. The number of sulfonamides is 1. The van der Waals surface area contributed by atoms with E-state index >= 15 is 0 Å². The number of benzene rings is 1. The van der Waals surface area contributed by atoms with Crippen molar-refractivity contribution in [1.82, 2.24) is 4.72 Å². The van der Waals surface area contributed by atoms with Gasteiger partial charge in [0.2, 0.25) is 10.0 Å². The fraction of sp³-hybridized carbons (Fsp3) is 0.500. The molecule has 0 spiro atoms. The van der Waals surface area contributed by atoms with Crippen molar-refractivity contribution < 1.29 is 13.2 Å². The van der Waals surface area contributed by atoms with E-state index in [-0.39, 0.29) is 10.6 Å². The fourth-order valence-electron chi connectivity index (χ4n) is 1.66. The molecule has 1 aromatic carbocycles. The predicted octanol–water partition coefficient (Wildman–Crippen LogP) is 1.20. The minimum atomic E-state index is -3.56. The minimum Gasteiger partial charge on any atom is -0.398 e. The van der Waals surface area contributed by atoms with Crippen LogP contribution in [-0.4, -0.2) is 28.7 Å². The normalized spacial score (nSPS) is 11.7. The summed E-state index contributed by atoms with van der Waals surface area (Å²) in [4.78, 5) is 0.180. The van der Waals surface area contributed by atoms with E-state index in [9.17, 15) is 8.42 Å². The van der Waals surface area contributed by atoms with Crippen LogP contribution in [0.25, 0.3) is 0 Å². The van der Waals surface area contributed by atoms with Gasteiger partial charge in [-0.3, -0.25) is 0 Å². The van der Waals surface area contributed by atoms with E-state index in [4.69, 9.17) is 10.5 Å². The second-order valence-electron chi connectivity index (χ2n) is 4.17. The van der Waals surface area contributed by atoms with Crippen molar-refractivity contribution in [3.8, 4) is 0 Å². The molecule has 0 heterocycles. The van der Waals surface area contributed by atoms with Crippen LogP contribution in [0.4, 0.5) is 5.69 Å². The predicted molar refractivity (Wildman–Crippen MR) is 72.0 cm³/mol. The van der Waals surface area contributed by atoms with Crippen LogP contribution in [0.2, 0.25) is 0 Å². The molecule has 5 nitrogen and oxygen atoms in total. The Bertz CT molecular complexity index is 512. The maximum absolute atomic E-state index is 12.2. The highest BCUT2D eigenvalue weighted by molar-refractivity contribution is 7.89. The van der Waals surface area contributed by atoms with E-state index in [1.165, 1.54) is 0 Å². The Hall–Kier alpha value is -1.11. The van der Waals surface area contributed by atoms with Gasteiger partial charge >= 0.3 is 0 Å². The van der Waals surface area contributed by atoms with Gasteiger partial charge in [0.1, 0.15) is 4.90 Å². The molecule has 102 valence electrons. The number of nitrogen functional groups attached to an aromatic ring is 1. The zero-order valence-corrected chi connectivity index (χ0v) is 11.8. The van der Waals surface area contributed by atoms with Crippen molar-refractivity contribution in [3.05, 3.63) is 23.3 Å². The largest absolute Gasteiger partial charge is 0.398 e. The van der Waals surface area contributed by atoms with Crippen LogP contribution in [0.3, 0.4) is 0 Å². The molecule has 0 saturated heterocycles. The van der Waals surface area contributed by atoms with E-state index in [0.29, 0.717) is 25.1 Å². The summed E-state index contributed by atoms with van der Waals surface area (Å²) >= 11 is 0. The molecule has 0 aromatic heterocycles. The number of ether oxygens (including phenoxy) is 1. The molecule has 0 aliphatic carbocycles. The van der Waals surface area contributed by atoms with Crippen molar-refractivity contribution in [2.75, 3.05) is 26.0 Å². The second kappa shape index (κ2) is 6.17. The first-order valence-corrected chi connectivity index (χ1v) is 7.22. The third-order valence-corrected chi connectivity index (χ3v) is 4.46. The Kier molecular flexibility index (Phi) is 5.13. The smallest absolute Gasteiger partial charge is 0.242 e. The van der Waals surface area contributed by atoms with Gasteiger partial charge in [-0.1, -0.05) is 6.07 Å². The third-order valence-electron chi connectivity index (χ3n) is 2.79. The molecular weight excluding hydrogens is 252 g/mol. The average molecular weight is 272 g/mol. The van der Waals surface area contributed by atoms with Crippen LogP contribution >= 0.6 is 0 Å². The lowest BCUT2D eigenvalue weighted by Crippen LogP contribution is -2.27. The van der Waals surface area contributed by atoms with Gasteiger partial charge in [-0.15, -0.1) is 0 Å². The van der Waals surface area contributed by atoms with Gasteiger partial charge in [-0.05, 0) is 37.5 Å². The van der Waals surface area contributed by atoms with Crippen LogP contribution in [0, 0.1) is 13.8 Å². The van der Waals surface area contributed by atoms with E-state index in [2.05, 4.69) is 4.72 Å². The van der Waals surface area contributed by atoms with E-state index in [0.717, 1.165) is 5.56 Å². The Balaban J connectivity index is 2.95. The number of hydrogen-bond donors (Lipinski definition) is 2. The van der Waals surface area contributed by atoms with E-state index in [1.807, 2.05) is 13.0 Å². The van der Waals surface area contributed by atoms with Crippen molar-refractivity contribution in [3.63, 3.8) is 0 Å². The van der Waals surface area contributed by atoms with Crippen LogP contribution in [-0.2, 0) is 14.8 Å². The molecular formula is C12H20N2O3S. The van der Waals surface area contributed by atoms with Gasteiger partial charge < -0.3 is 10.5 Å². The molecule has 0 fully saturated rings. The first-order valence-electron chi connectivity index (χ1n) is 5.74. The lowest BCUT2D eigenvalue weighted by atomic mass is 10.1. The number of nitrogens with one attached hydrogen (secondary N) is 1. The highest BCUT2D eigenvalue weighted by Crippen LogP contribution is 2.24. The molecule has 6 heteroatoms. The van der Waals surface area contributed by atoms with Crippen molar-refractivity contribution in [1.29, 1.82) is 0 Å². The molecule has 0 aliphatic heterocycles. The SMILES string of the molecule is COCCCNS(=O)(=O)c1c(N)ccc(C)c1C.